The van der Waals surface area contributed by atoms with Crippen molar-refractivity contribution in [1.82, 2.24) is 20.0 Å². The molecule has 9 heteroatoms. The topological polar surface area (TPSA) is 96.4 Å². The molecule has 0 bridgehead atoms. The van der Waals surface area contributed by atoms with Crippen molar-refractivity contribution in [1.29, 1.82) is 0 Å². The highest BCUT2D eigenvalue weighted by atomic mass is 16.3. The van der Waals surface area contributed by atoms with Crippen molar-refractivity contribution < 1.29 is 19.5 Å². The van der Waals surface area contributed by atoms with Crippen LogP contribution >= 0.6 is 0 Å². The van der Waals surface area contributed by atoms with Gasteiger partial charge in [0.2, 0.25) is 11.8 Å². The number of aryl methyl sites for hydroxylation is 1. The predicted molar refractivity (Wildman–Crippen MR) is 226 cm³/mol. The normalized spacial score (nSPS) is 20.1. The fourth-order valence-corrected chi connectivity index (χ4v) is 9.36. The van der Waals surface area contributed by atoms with Gasteiger partial charge < -0.3 is 19.8 Å². The number of piperidine rings is 2. The first-order valence-corrected chi connectivity index (χ1v) is 21.0. The van der Waals surface area contributed by atoms with E-state index in [0.29, 0.717) is 18.5 Å². The Balaban J connectivity index is 0.779. The number of anilines is 1. The molecule has 0 aromatic heterocycles. The third-order valence-corrected chi connectivity index (χ3v) is 12.6. The van der Waals surface area contributed by atoms with Gasteiger partial charge in [-0.25, -0.2) is 0 Å². The minimum absolute atomic E-state index is 0.118. The van der Waals surface area contributed by atoms with Crippen LogP contribution in [0.2, 0.25) is 0 Å². The highest BCUT2D eigenvalue weighted by Crippen LogP contribution is 2.36. The van der Waals surface area contributed by atoms with Gasteiger partial charge in [-0.1, -0.05) is 73.7 Å². The van der Waals surface area contributed by atoms with E-state index in [4.69, 9.17) is 0 Å². The largest absolute Gasteiger partial charge is 0.508 e. The number of carbonyl (C=O) groups excluding carboxylic acids is 3. The van der Waals surface area contributed by atoms with E-state index in [1.54, 1.807) is 17.0 Å². The highest BCUT2D eigenvalue weighted by Gasteiger charge is 2.39. The lowest BCUT2D eigenvalue weighted by molar-refractivity contribution is -0.136. The zero-order valence-corrected chi connectivity index (χ0v) is 33.2. The molecule has 0 saturated carbocycles. The van der Waals surface area contributed by atoms with Gasteiger partial charge in [0.25, 0.3) is 5.91 Å². The Morgan fingerprint density at radius 3 is 2.14 bits per heavy atom. The molecule has 3 amide bonds. The highest BCUT2D eigenvalue weighted by molar-refractivity contribution is 6.05. The number of phenols is 1. The Bertz CT molecular complexity index is 2080. The Morgan fingerprint density at radius 1 is 0.754 bits per heavy atom. The lowest BCUT2D eigenvalue weighted by Gasteiger charge is -2.39. The summed E-state index contributed by atoms with van der Waals surface area (Å²) >= 11 is 0. The van der Waals surface area contributed by atoms with Crippen molar-refractivity contribution in [3.63, 3.8) is 0 Å². The summed E-state index contributed by atoms with van der Waals surface area (Å²) in [6.07, 6.45) is 6.29. The molecule has 4 aromatic rings. The van der Waals surface area contributed by atoms with E-state index >= 15 is 0 Å². The van der Waals surface area contributed by atoms with Crippen molar-refractivity contribution in [2.24, 2.45) is 5.92 Å². The monoisotopic (exact) mass is 765 g/mol. The summed E-state index contributed by atoms with van der Waals surface area (Å²) in [6.45, 7) is 11.3. The van der Waals surface area contributed by atoms with Gasteiger partial charge in [0.1, 0.15) is 11.8 Å². The minimum Gasteiger partial charge on any atom is -0.508 e. The first kappa shape index (κ1) is 38.6. The molecule has 3 saturated heterocycles. The number of benzene rings is 4. The molecule has 1 unspecified atom stereocenters. The maximum absolute atomic E-state index is 13.1. The van der Waals surface area contributed by atoms with E-state index in [0.717, 1.165) is 81.3 Å². The van der Waals surface area contributed by atoms with Crippen LogP contribution in [-0.4, -0.2) is 95.9 Å². The summed E-state index contributed by atoms with van der Waals surface area (Å²) in [4.78, 5) is 46.6. The number of amides is 3. The number of fused-ring (bicyclic) bond motifs is 1. The lowest BCUT2D eigenvalue weighted by atomic mass is 9.87. The van der Waals surface area contributed by atoms with Gasteiger partial charge >= 0.3 is 0 Å². The second-order valence-electron chi connectivity index (χ2n) is 16.2. The fourth-order valence-electron chi connectivity index (χ4n) is 9.36. The van der Waals surface area contributed by atoms with Crippen molar-refractivity contribution in [2.75, 3.05) is 57.3 Å². The van der Waals surface area contributed by atoms with Gasteiger partial charge in [0, 0.05) is 56.9 Å². The third kappa shape index (κ3) is 8.85. The summed E-state index contributed by atoms with van der Waals surface area (Å²) in [5, 5.41) is 12.4. The van der Waals surface area contributed by atoms with E-state index in [1.807, 2.05) is 24.3 Å². The molecule has 1 atom stereocenters. The number of hydrogen-bond donors (Lipinski definition) is 2. The van der Waals surface area contributed by atoms with Gasteiger partial charge in [0.15, 0.2) is 0 Å². The molecule has 4 aromatic carbocycles. The molecule has 0 spiro atoms. The molecular formula is C48H55N5O4. The molecule has 8 rings (SSSR count). The van der Waals surface area contributed by atoms with Crippen LogP contribution in [0.15, 0.2) is 97.1 Å². The molecule has 3 fully saturated rings. The van der Waals surface area contributed by atoms with Crippen LogP contribution < -0.4 is 10.2 Å². The number of piperazine rings is 1. The first-order chi connectivity index (χ1) is 27.8. The lowest BCUT2D eigenvalue weighted by Crippen LogP contribution is -2.52. The number of rotatable bonds is 12. The molecule has 0 aliphatic carbocycles. The van der Waals surface area contributed by atoms with Gasteiger partial charge in [0.05, 0.1) is 0 Å². The summed E-state index contributed by atoms with van der Waals surface area (Å²) in [5.41, 5.74) is 10.2. The van der Waals surface area contributed by atoms with Crippen LogP contribution in [0.1, 0.15) is 83.6 Å². The number of aromatic hydroxyl groups is 1. The van der Waals surface area contributed by atoms with Crippen LogP contribution in [0.25, 0.3) is 11.1 Å². The molecule has 4 aliphatic heterocycles. The Morgan fingerprint density at radius 2 is 1.46 bits per heavy atom. The molecule has 296 valence electrons. The molecule has 0 radical (unpaired) electrons. The van der Waals surface area contributed by atoms with Gasteiger partial charge in [-0.15, -0.1) is 0 Å². The molecule has 4 aliphatic rings. The van der Waals surface area contributed by atoms with Crippen LogP contribution in [0.3, 0.4) is 0 Å². The standard InChI is InChI=1S/C48H55N5O4/c1-2-42(36-8-4-3-5-9-36)46(38-14-17-41(54)18-15-38)37-12-10-34(11-13-37)7-6-24-50-25-22-35(23-26-50)32-51-27-29-52(30-28-51)40-16-19-43-39(31-40)33-53(48(43)57)44-20-21-45(55)49-47(44)56/h3-5,8-19,31,35,44,54H,2,6-7,20-30,32-33H2,1H3,(H,49,55,56). The average Bonchev–Trinajstić information content (AvgIpc) is 3.56. The van der Waals surface area contributed by atoms with E-state index in [9.17, 15) is 19.5 Å². The SMILES string of the molecule is CCC(=C(c1ccc(O)cc1)c1ccc(CCCN2CCC(CN3CCN(c4ccc5c(c4)CN(C4CCC(=O)NC4=O)C5=O)CC3)CC2)cc1)c1ccccc1. The quantitative estimate of drug-likeness (QED) is 0.119. The average molecular weight is 766 g/mol. The van der Waals surface area contributed by atoms with Crippen molar-refractivity contribution in [3.8, 4) is 5.75 Å². The predicted octanol–water partition coefficient (Wildman–Crippen LogP) is 6.99. The van der Waals surface area contributed by atoms with Crippen molar-refractivity contribution in [3.05, 3.63) is 130 Å². The van der Waals surface area contributed by atoms with Gasteiger partial charge in [-0.05, 0) is 133 Å². The molecular weight excluding hydrogens is 711 g/mol. The summed E-state index contributed by atoms with van der Waals surface area (Å²) < 4.78 is 0. The summed E-state index contributed by atoms with van der Waals surface area (Å²) in [7, 11) is 0. The Kier molecular flexibility index (Phi) is 11.8. The Labute approximate surface area is 337 Å². The number of hydrogen-bond acceptors (Lipinski definition) is 7. The van der Waals surface area contributed by atoms with Crippen LogP contribution in [0.5, 0.6) is 5.75 Å². The van der Waals surface area contributed by atoms with Crippen LogP contribution in [-0.2, 0) is 22.6 Å². The minimum atomic E-state index is -0.582. The third-order valence-electron chi connectivity index (χ3n) is 12.6. The zero-order chi connectivity index (χ0) is 39.3. The second-order valence-corrected chi connectivity index (χ2v) is 16.2. The molecule has 9 nitrogen and oxygen atoms in total. The second kappa shape index (κ2) is 17.5. The van der Waals surface area contributed by atoms with E-state index in [2.05, 4.69) is 87.6 Å². The summed E-state index contributed by atoms with van der Waals surface area (Å²) in [5.74, 6) is 0.270. The number of likely N-dealkylation sites (tertiary alicyclic amines) is 1. The smallest absolute Gasteiger partial charge is 0.255 e. The van der Waals surface area contributed by atoms with Crippen molar-refractivity contribution >= 4 is 34.6 Å². The number of nitrogens with one attached hydrogen (secondary N) is 1. The number of carbonyl (C=O) groups is 3. The fraction of sp³-hybridized carbons (Fsp3) is 0.396. The van der Waals surface area contributed by atoms with Gasteiger partial charge in [-0.3, -0.25) is 24.6 Å². The van der Waals surface area contributed by atoms with Crippen LogP contribution in [0, 0.1) is 5.92 Å². The van der Waals surface area contributed by atoms with E-state index in [1.165, 1.54) is 53.8 Å². The maximum atomic E-state index is 13.1. The van der Waals surface area contributed by atoms with Gasteiger partial charge in [-0.2, -0.15) is 0 Å². The van der Waals surface area contributed by atoms with Crippen LogP contribution in [0.4, 0.5) is 5.69 Å². The van der Waals surface area contributed by atoms with E-state index in [-0.39, 0.29) is 29.9 Å². The Hall–Kier alpha value is -5.25. The molecule has 57 heavy (non-hydrogen) atoms. The summed E-state index contributed by atoms with van der Waals surface area (Å²) in [6, 6.07) is 32.9. The molecule has 2 N–H and O–H groups in total. The maximum Gasteiger partial charge on any atom is 0.255 e. The van der Waals surface area contributed by atoms with Crippen molar-refractivity contribution in [2.45, 2.75) is 64.5 Å². The zero-order valence-electron chi connectivity index (χ0n) is 33.2. The molecule has 4 heterocycles. The van der Waals surface area contributed by atoms with E-state index < -0.39 is 6.04 Å². The first-order valence-electron chi connectivity index (χ1n) is 21.0. The number of imide groups is 1. The number of nitrogens with zero attached hydrogens (tertiary/aromatic N) is 4. The number of phenolic OH excluding ortho intramolecular Hbond substituents is 1. The number of allylic oxidation sites excluding steroid dienone is 1.